The van der Waals surface area contributed by atoms with Gasteiger partial charge in [0.2, 0.25) is 0 Å². The summed E-state index contributed by atoms with van der Waals surface area (Å²) in [4.78, 5) is 11.7. The summed E-state index contributed by atoms with van der Waals surface area (Å²) in [5, 5.41) is 2.80. The lowest BCUT2D eigenvalue weighted by Gasteiger charge is -2.07. The van der Waals surface area contributed by atoms with Gasteiger partial charge in [0.25, 0.3) is 5.91 Å². The third kappa shape index (κ3) is 4.16. The van der Waals surface area contributed by atoms with E-state index in [1.54, 1.807) is 12.1 Å². The monoisotopic (exact) mass is 273 g/mol. The predicted molar refractivity (Wildman–Crippen MR) is 76.7 cm³/mol. The average Bonchev–Trinajstić information content (AvgIpc) is 3.01. The molecule has 2 rings (SSSR count). The van der Waals surface area contributed by atoms with Crippen molar-refractivity contribution < 1.29 is 13.9 Å². The number of rotatable bonds is 7. The molecule has 20 heavy (non-hydrogen) atoms. The predicted octanol–water partition coefficient (Wildman–Crippen LogP) is 3.39. The molecular formula is C16H19NO3. The van der Waals surface area contributed by atoms with Gasteiger partial charge in [-0.2, -0.15) is 0 Å². The molecule has 4 nitrogen and oxygen atoms in total. The molecule has 0 saturated carbocycles. The van der Waals surface area contributed by atoms with Crippen molar-refractivity contribution in [1.82, 2.24) is 5.32 Å². The number of hydrogen-bond acceptors (Lipinski definition) is 3. The second-order valence-corrected chi connectivity index (χ2v) is 4.51. The first-order chi connectivity index (χ1) is 9.79. The number of nitrogens with one attached hydrogen (secondary N) is 1. The van der Waals surface area contributed by atoms with Crippen molar-refractivity contribution >= 4 is 5.91 Å². The molecule has 0 aliphatic heterocycles. The van der Waals surface area contributed by atoms with Crippen LogP contribution in [0.4, 0.5) is 0 Å². The van der Waals surface area contributed by atoms with E-state index in [9.17, 15) is 4.79 Å². The lowest BCUT2D eigenvalue weighted by molar-refractivity contribution is 0.0923. The summed E-state index contributed by atoms with van der Waals surface area (Å²) in [5.41, 5.74) is 1.02. The van der Waals surface area contributed by atoms with Crippen molar-refractivity contribution in [3.8, 4) is 5.75 Å². The maximum absolute atomic E-state index is 11.7. The quantitative estimate of drug-likeness (QED) is 0.787. The molecule has 106 valence electrons. The van der Waals surface area contributed by atoms with Gasteiger partial charge in [0.15, 0.2) is 5.76 Å². The summed E-state index contributed by atoms with van der Waals surface area (Å²) < 4.78 is 10.6. The molecule has 0 unspecified atom stereocenters. The number of ether oxygens (including phenoxy) is 1. The van der Waals surface area contributed by atoms with Crippen LogP contribution in [0, 0.1) is 0 Å². The maximum atomic E-state index is 11.7. The fourth-order valence-corrected chi connectivity index (χ4v) is 1.72. The van der Waals surface area contributed by atoms with Crippen LogP contribution in [0.25, 0.3) is 0 Å². The van der Waals surface area contributed by atoms with Crippen molar-refractivity contribution in [3.63, 3.8) is 0 Å². The Hall–Kier alpha value is -2.23. The highest BCUT2D eigenvalue weighted by Gasteiger charge is 2.07. The summed E-state index contributed by atoms with van der Waals surface area (Å²) in [6, 6.07) is 11.1. The van der Waals surface area contributed by atoms with Crippen molar-refractivity contribution in [3.05, 3.63) is 54.0 Å². The fraction of sp³-hybridized carbons (Fsp3) is 0.312. The van der Waals surface area contributed by atoms with Crippen LogP contribution in [0.5, 0.6) is 5.75 Å². The summed E-state index contributed by atoms with van der Waals surface area (Å²) >= 11 is 0. The molecule has 0 saturated heterocycles. The van der Waals surface area contributed by atoms with Crippen LogP contribution >= 0.6 is 0 Å². The van der Waals surface area contributed by atoms with E-state index in [4.69, 9.17) is 9.15 Å². The number of unbranched alkanes of at least 4 members (excludes halogenated alkanes) is 1. The Morgan fingerprint density at radius 2 is 2.05 bits per heavy atom. The zero-order valence-electron chi connectivity index (χ0n) is 11.6. The number of carbonyl (C=O) groups is 1. The first kappa shape index (κ1) is 14.2. The van der Waals surface area contributed by atoms with Crippen molar-refractivity contribution in [2.75, 3.05) is 6.61 Å². The largest absolute Gasteiger partial charge is 0.494 e. The van der Waals surface area contributed by atoms with Crippen LogP contribution in [0.15, 0.2) is 47.1 Å². The molecule has 1 heterocycles. The van der Waals surface area contributed by atoms with Gasteiger partial charge in [-0.25, -0.2) is 0 Å². The van der Waals surface area contributed by atoms with E-state index in [2.05, 4.69) is 12.2 Å². The molecule has 2 aromatic rings. The van der Waals surface area contributed by atoms with E-state index >= 15 is 0 Å². The normalized spacial score (nSPS) is 10.2. The molecule has 0 spiro atoms. The zero-order chi connectivity index (χ0) is 14.2. The molecule has 1 aromatic heterocycles. The van der Waals surface area contributed by atoms with E-state index in [0.29, 0.717) is 12.3 Å². The molecule has 0 aliphatic rings. The first-order valence-electron chi connectivity index (χ1n) is 6.83. The zero-order valence-corrected chi connectivity index (χ0v) is 11.6. The fourth-order valence-electron chi connectivity index (χ4n) is 1.72. The molecule has 4 heteroatoms. The number of benzene rings is 1. The SMILES string of the molecule is CCCCOc1ccc(CNC(=O)c2ccco2)cc1. The van der Waals surface area contributed by atoms with Crippen LogP contribution in [-0.4, -0.2) is 12.5 Å². The van der Waals surface area contributed by atoms with Gasteiger partial charge in [-0.3, -0.25) is 4.79 Å². The van der Waals surface area contributed by atoms with Gasteiger partial charge >= 0.3 is 0 Å². The van der Waals surface area contributed by atoms with Crippen LogP contribution in [0.2, 0.25) is 0 Å². The van der Waals surface area contributed by atoms with Gasteiger partial charge in [0, 0.05) is 6.54 Å². The van der Waals surface area contributed by atoms with Crippen LogP contribution in [-0.2, 0) is 6.54 Å². The van der Waals surface area contributed by atoms with Gasteiger partial charge in [0.05, 0.1) is 12.9 Å². The molecule has 1 amide bonds. The Kier molecular flexibility index (Phi) is 5.24. The molecule has 0 atom stereocenters. The standard InChI is InChI=1S/C16H19NO3/c1-2-3-10-19-14-8-6-13(7-9-14)12-17-16(18)15-5-4-11-20-15/h4-9,11H,2-3,10,12H2,1H3,(H,17,18). The highest BCUT2D eigenvalue weighted by Crippen LogP contribution is 2.12. The molecule has 0 fully saturated rings. The number of carbonyl (C=O) groups excluding carboxylic acids is 1. The van der Waals surface area contributed by atoms with E-state index < -0.39 is 0 Å². The summed E-state index contributed by atoms with van der Waals surface area (Å²) in [5.74, 6) is 0.974. The molecule has 0 aliphatic carbocycles. The van der Waals surface area contributed by atoms with E-state index in [-0.39, 0.29) is 5.91 Å². The van der Waals surface area contributed by atoms with Crippen LogP contribution in [0.3, 0.4) is 0 Å². The highest BCUT2D eigenvalue weighted by atomic mass is 16.5. The van der Waals surface area contributed by atoms with Crippen LogP contribution < -0.4 is 10.1 Å². The topological polar surface area (TPSA) is 51.5 Å². The number of amides is 1. The second kappa shape index (κ2) is 7.38. The lowest BCUT2D eigenvalue weighted by Crippen LogP contribution is -2.22. The average molecular weight is 273 g/mol. The van der Waals surface area contributed by atoms with E-state index in [1.807, 2.05) is 24.3 Å². The molecule has 0 bridgehead atoms. The Labute approximate surface area is 118 Å². The Morgan fingerprint density at radius 3 is 2.70 bits per heavy atom. The Balaban J connectivity index is 1.80. The maximum Gasteiger partial charge on any atom is 0.287 e. The second-order valence-electron chi connectivity index (χ2n) is 4.51. The third-order valence-electron chi connectivity index (χ3n) is 2.89. The number of hydrogen-bond donors (Lipinski definition) is 1. The van der Waals surface area contributed by atoms with E-state index in [0.717, 1.165) is 30.8 Å². The van der Waals surface area contributed by atoms with Crippen molar-refractivity contribution in [2.24, 2.45) is 0 Å². The molecule has 1 aromatic carbocycles. The minimum Gasteiger partial charge on any atom is -0.494 e. The third-order valence-corrected chi connectivity index (χ3v) is 2.89. The smallest absolute Gasteiger partial charge is 0.287 e. The minimum absolute atomic E-state index is 0.210. The van der Waals surface area contributed by atoms with Gasteiger partial charge < -0.3 is 14.5 Å². The summed E-state index contributed by atoms with van der Waals surface area (Å²) in [6.45, 7) is 3.34. The molecule has 0 radical (unpaired) electrons. The Morgan fingerprint density at radius 1 is 1.25 bits per heavy atom. The van der Waals surface area contributed by atoms with Gasteiger partial charge in [-0.1, -0.05) is 25.5 Å². The molecule has 1 N–H and O–H groups in total. The van der Waals surface area contributed by atoms with Gasteiger partial charge in [-0.15, -0.1) is 0 Å². The minimum atomic E-state index is -0.210. The highest BCUT2D eigenvalue weighted by molar-refractivity contribution is 5.91. The van der Waals surface area contributed by atoms with Crippen molar-refractivity contribution in [1.29, 1.82) is 0 Å². The molecular weight excluding hydrogens is 254 g/mol. The van der Waals surface area contributed by atoms with Crippen LogP contribution in [0.1, 0.15) is 35.9 Å². The lowest BCUT2D eigenvalue weighted by atomic mass is 10.2. The summed E-state index contributed by atoms with van der Waals surface area (Å²) in [7, 11) is 0. The van der Waals surface area contributed by atoms with Gasteiger partial charge in [-0.05, 0) is 36.2 Å². The Bertz CT molecular complexity index is 517. The van der Waals surface area contributed by atoms with Crippen molar-refractivity contribution in [2.45, 2.75) is 26.3 Å². The summed E-state index contributed by atoms with van der Waals surface area (Å²) in [6.07, 6.45) is 3.66. The number of furan rings is 1. The van der Waals surface area contributed by atoms with E-state index in [1.165, 1.54) is 6.26 Å². The van der Waals surface area contributed by atoms with Gasteiger partial charge in [0.1, 0.15) is 5.75 Å². The first-order valence-corrected chi connectivity index (χ1v) is 6.83.